The van der Waals surface area contributed by atoms with Crippen molar-refractivity contribution in [3.63, 3.8) is 0 Å². The van der Waals surface area contributed by atoms with Gasteiger partial charge in [0.25, 0.3) is 5.69 Å². The first kappa shape index (κ1) is 15.4. The highest BCUT2D eigenvalue weighted by Crippen LogP contribution is 2.29. The smallest absolute Gasteiger partial charge is 0.323 e. The minimum absolute atomic E-state index is 0.0407. The van der Waals surface area contributed by atoms with E-state index in [2.05, 4.69) is 15.9 Å². The van der Waals surface area contributed by atoms with E-state index in [1.165, 1.54) is 25.1 Å². The number of nitrogens with zero attached hydrogens (tertiary/aromatic N) is 1. The van der Waals surface area contributed by atoms with Gasteiger partial charge in [0.1, 0.15) is 11.3 Å². The first-order valence-electron chi connectivity index (χ1n) is 5.33. The Bertz CT molecular complexity index is 504. The second-order valence-electron chi connectivity index (χ2n) is 4.19. The molecule has 19 heavy (non-hydrogen) atoms. The van der Waals surface area contributed by atoms with E-state index in [0.29, 0.717) is 4.47 Å². The molecule has 0 radical (unpaired) electrons. The molecule has 0 aromatic heterocycles. The molecule has 0 saturated carbocycles. The van der Waals surface area contributed by atoms with Crippen molar-refractivity contribution in [3.8, 4) is 5.75 Å². The summed E-state index contributed by atoms with van der Waals surface area (Å²) in [6, 6.07) is 4.09. The summed E-state index contributed by atoms with van der Waals surface area (Å²) in [6.45, 7) is 1.42. The first-order valence-corrected chi connectivity index (χ1v) is 6.12. The number of non-ortho nitro benzene ring substituents is 1. The van der Waals surface area contributed by atoms with Gasteiger partial charge in [-0.25, -0.2) is 0 Å². The molecule has 0 fully saturated rings. The number of carbonyl (C=O) groups is 1. The Balaban J connectivity index is 2.70. The van der Waals surface area contributed by atoms with E-state index >= 15 is 0 Å². The maximum atomic E-state index is 10.8. The molecule has 0 bridgehead atoms. The van der Waals surface area contributed by atoms with Gasteiger partial charge in [-0.15, -0.1) is 0 Å². The Kier molecular flexibility index (Phi) is 4.84. The molecule has 1 aromatic rings. The van der Waals surface area contributed by atoms with Gasteiger partial charge in [-0.2, -0.15) is 0 Å². The lowest BCUT2D eigenvalue weighted by Gasteiger charge is -2.19. The number of rotatable bonds is 6. The topological polar surface area (TPSA) is 116 Å². The Morgan fingerprint density at radius 3 is 2.79 bits per heavy atom. The molecule has 1 unspecified atom stereocenters. The number of halogens is 1. The molecule has 104 valence electrons. The summed E-state index contributed by atoms with van der Waals surface area (Å²) >= 11 is 3.19. The van der Waals surface area contributed by atoms with Crippen molar-refractivity contribution in [1.82, 2.24) is 0 Å². The fourth-order valence-corrected chi connectivity index (χ4v) is 1.56. The summed E-state index contributed by atoms with van der Waals surface area (Å²) in [6.07, 6.45) is 0.0808. The number of carboxylic acids is 1. The molecular formula is C11H13BrN2O5. The highest BCUT2D eigenvalue weighted by Gasteiger charge is 2.27. The van der Waals surface area contributed by atoms with E-state index in [0.717, 1.165) is 0 Å². The number of hydrogen-bond donors (Lipinski definition) is 2. The molecule has 0 saturated heterocycles. The van der Waals surface area contributed by atoms with Crippen molar-refractivity contribution in [2.24, 2.45) is 5.73 Å². The number of nitrogens with two attached hydrogens (primary N) is 1. The van der Waals surface area contributed by atoms with Crippen molar-refractivity contribution in [2.45, 2.75) is 18.9 Å². The van der Waals surface area contributed by atoms with Crippen LogP contribution in [0.1, 0.15) is 13.3 Å². The Hall–Kier alpha value is -1.67. The number of carboxylic acid groups (broad SMARTS) is 1. The molecule has 1 aromatic carbocycles. The van der Waals surface area contributed by atoms with Crippen LogP contribution >= 0.6 is 15.9 Å². The zero-order valence-electron chi connectivity index (χ0n) is 10.1. The maximum Gasteiger partial charge on any atom is 0.323 e. The molecule has 8 heteroatoms. The number of nitro groups is 1. The largest absolute Gasteiger partial charge is 0.492 e. The van der Waals surface area contributed by atoms with E-state index in [-0.39, 0.29) is 24.5 Å². The predicted octanol–water partition coefficient (Wildman–Crippen LogP) is 1.93. The summed E-state index contributed by atoms with van der Waals surface area (Å²) in [7, 11) is 0. The van der Waals surface area contributed by atoms with Crippen LogP contribution in [0.2, 0.25) is 0 Å². The van der Waals surface area contributed by atoms with Gasteiger partial charge in [-0.3, -0.25) is 14.9 Å². The van der Waals surface area contributed by atoms with E-state index in [1.54, 1.807) is 0 Å². The van der Waals surface area contributed by atoms with Gasteiger partial charge in [0.15, 0.2) is 0 Å². The summed E-state index contributed by atoms with van der Waals surface area (Å²) in [4.78, 5) is 20.9. The SMILES string of the molecule is CC(N)(CCOc1cc([N+](=O)[O-])ccc1Br)C(=O)O. The van der Waals surface area contributed by atoms with Crippen LogP contribution in [0.5, 0.6) is 5.75 Å². The molecule has 1 atom stereocenters. The monoisotopic (exact) mass is 332 g/mol. The maximum absolute atomic E-state index is 10.8. The summed E-state index contributed by atoms with van der Waals surface area (Å²) in [5, 5.41) is 19.5. The zero-order chi connectivity index (χ0) is 14.6. The second-order valence-corrected chi connectivity index (χ2v) is 5.05. The van der Waals surface area contributed by atoms with E-state index in [1.807, 2.05) is 0 Å². The van der Waals surface area contributed by atoms with Gasteiger partial charge >= 0.3 is 5.97 Å². The third-order valence-corrected chi connectivity index (χ3v) is 3.15. The van der Waals surface area contributed by atoms with E-state index in [4.69, 9.17) is 15.6 Å². The van der Waals surface area contributed by atoms with Crippen LogP contribution in [0.3, 0.4) is 0 Å². The number of nitro benzene ring substituents is 1. The normalized spacial score (nSPS) is 13.6. The van der Waals surface area contributed by atoms with Gasteiger partial charge in [-0.1, -0.05) is 0 Å². The van der Waals surface area contributed by atoms with Crippen LogP contribution in [-0.2, 0) is 4.79 Å². The van der Waals surface area contributed by atoms with Crippen molar-refractivity contribution in [3.05, 3.63) is 32.8 Å². The van der Waals surface area contributed by atoms with Crippen molar-refractivity contribution < 1.29 is 19.6 Å². The lowest BCUT2D eigenvalue weighted by atomic mass is 10.0. The molecule has 7 nitrogen and oxygen atoms in total. The van der Waals surface area contributed by atoms with Crippen LogP contribution in [0.25, 0.3) is 0 Å². The van der Waals surface area contributed by atoms with E-state index < -0.39 is 16.4 Å². The molecule has 0 amide bonds. The van der Waals surface area contributed by atoms with Crippen LogP contribution in [0.4, 0.5) is 5.69 Å². The average Bonchev–Trinajstić information content (AvgIpc) is 2.30. The Morgan fingerprint density at radius 2 is 2.26 bits per heavy atom. The average molecular weight is 333 g/mol. The van der Waals surface area contributed by atoms with Crippen LogP contribution in [0.15, 0.2) is 22.7 Å². The summed E-state index contributed by atoms with van der Waals surface area (Å²) in [5.41, 5.74) is 4.04. The fraction of sp³-hybridized carbons (Fsp3) is 0.364. The quantitative estimate of drug-likeness (QED) is 0.607. The van der Waals surface area contributed by atoms with E-state index in [9.17, 15) is 14.9 Å². The lowest BCUT2D eigenvalue weighted by Crippen LogP contribution is -2.45. The van der Waals surface area contributed by atoms with Crippen LogP contribution < -0.4 is 10.5 Å². The predicted molar refractivity (Wildman–Crippen MR) is 71.1 cm³/mol. The highest BCUT2D eigenvalue weighted by atomic mass is 79.9. The lowest BCUT2D eigenvalue weighted by molar-refractivity contribution is -0.385. The number of hydrogen-bond acceptors (Lipinski definition) is 5. The van der Waals surface area contributed by atoms with Gasteiger partial charge in [0.2, 0.25) is 0 Å². The van der Waals surface area contributed by atoms with Gasteiger partial charge in [0.05, 0.1) is 22.1 Å². The Morgan fingerprint density at radius 1 is 1.63 bits per heavy atom. The molecule has 0 aliphatic heterocycles. The molecule has 0 heterocycles. The molecule has 1 rings (SSSR count). The Labute approximate surface area is 117 Å². The van der Waals surface area contributed by atoms with Gasteiger partial charge in [0, 0.05) is 12.5 Å². The third kappa shape index (κ3) is 4.18. The number of aliphatic carboxylic acids is 1. The molecule has 0 aliphatic rings. The molecular weight excluding hydrogens is 320 g/mol. The minimum atomic E-state index is -1.40. The van der Waals surface area contributed by atoms with Crippen LogP contribution in [0, 0.1) is 10.1 Å². The van der Waals surface area contributed by atoms with Gasteiger partial charge < -0.3 is 15.6 Å². The summed E-state index contributed by atoms with van der Waals surface area (Å²) in [5.74, 6) is -0.857. The van der Waals surface area contributed by atoms with Crippen molar-refractivity contribution >= 4 is 27.6 Å². The van der Waals surface area contributed by atoms with Crippen LogP contribution in [-0.4, -0.2) is 28.1 Å². The fourth-order valence-electron chi connectivity index (χ4n) is 1.20. The number of benzene rings is 1. The molecule has 3 N–H and O–H groups in total. The molecule has 0 spiro atoms. The van der Waals surface area contributed by atoms with Gasteiger partial charge in [-0.05, 0) is 28.9 Å². The second kappa shape index (κ2) is 5.98. The molecule has 0 aliphatic carbocycles. The van der Waals surface area contributed by atoms with Crippen molar-refractivity contribution in [2.75, 3.05) is 6.61 Å². The van der Waals surface area contributed by atoms with Crippen molar-refractivity contribution in [1.29, 1.82) is 0 Å². The standard InChI is InChI=1S/C11H13BrN2O5/c1-11(13,10(15)16)4-5-19-9-6-7(14(17)18)2-3-8(9)12/h2-3,6H,4-5,13H2,1H3,(H,15,16). The zero-order valence-corrected chi connectivity index (χ0v) is 11.7. The number of ether oxygens (including phenoxy) is 1. The summed E-state index contributed by atoms with van der Waals surface area (Å²) < 4.78 is 5.87. The highest BCUT2D eigenvalue weighted by molar-refractivity contribution is 9.10. The minimum Gasteiger partial charge on any atom is -0.492 e. The third-order valence-electron chi connectivity index (χ3n) is 2.49. The first-order chi connectivity index (χ1) is 8.74.